The van der Waals surface area contributed by atoms with Crippen molar-refractivity contribution in [2.24, 2.45) is 5.92 Å². The lowest BCUT2D eigenvalue weighted by Gasteiger charge is -2.22. The molecule has 0 saturated heterocycles. The van der Waals surface area contributed by atoms with Crippen LogP contribution in [0.5, 0.6) is 11.5 Å². The van der Waals surface area contributed by atoms with E-state index in [1.54, 1.807) is 0 Å². The van der Waals surface area contributed by atoms with Crippen LogP contribution in [0.25, 0.3) is 11.3 Å². The summed E-state index contributed by atoms with van der Waals surface area (Å²) in [5, 5.41) is 8.28. The van der Waals surface area contributed by atoms with Gasteiger partial charge in [-0.2, -0.15) is 5.10 Å². The Morgan fingerprint density at radius 1 is 1.32 bits per heavy atom. The van der Waals surface area contributed by atoms with E-state index in [1.807, 2.05) is 19.1 Å². The molecule has 0 bridgehead atoms. The second-order valence-electron chi connectivity index (χ2n) is 6.94. The minimum absolute atomic E-state index is 0.416. The van der Waals surface area contributed by atoms with E-state index in [4.69, 9.17) is 21.1 Å². The summed E-state index contributed by atoms with van der Waals surface area (Å²) in [5.41, 5.74) is 4.35. The van der Waals surface area contributed by atoms with Crippen molar-refractivity contribution < 1.29 is 9.47 Å². The maximum Gasteiger partial charge on any atom is 0.179 e. The van der Waals surface area contributed by atoms with E-state index >= 15 is 0 Å². The number of likely N-dealkylation sites (N-methyl/N-ethyl adjacent to an activating group) is 1. The van der Waals surface area contributed by atoms with Gasteiger partial charge < -0.3 is 14.4 Å². The van der Waals surface area contributed by atoms with Gasteiger partial charge >= 0.3 is 0 Å². The number of benzene rings is 1. The number of rotatable bonds is 6. The second-order valence-corrected chi connectivity index (χ2v) is 7.35. The van der Waals surface area contributed by atoms with Crippen molar-refractivity contribution in [1.29, 1.82) is 0 Å². The lowest BCUT2D eigenvalue weighted by molar-refractivity contribution is 0.248. The van der Waals surface area contributed by atoms with Crippen LogP contribution >= 0.6 is 11.6 Å². The van der Waals surface area contributed by atoms with Crippen molar-refractivity contribution in [2.75, 3.05) is 26.8 Å². The van der Waals surface area contributed by atoms with Crippen molar-refractivity contribution in [3.8, 4) is 22.8 Å². The van der Waals surface area contributed by atoms with Crippen LogP contribution in [-0.4, -0.2) is 41.9 Å². The number of nitrogens with zero attached hydrogens (tertiary/aromatic N) is 2. The third kappa shape index (κ3) is 3.93. The van der Waals surface area contributed by atoms with E-state index in [0.717, 1.165) is 30.8 Å². The maximum atomic E-state index is 6.53. The Morgan fingerprint density at radius 2 is 2.12 bits per heavy atom. The van der Waals surface area contributed by atoms with Gasteiger partial charge in [-0.1, -0.05) is 25.4 Å². The molecular weight excluding hydrogens is 338 g/mol. The molecule has 25 heavy (non-hydrogen) atoms. The first kappa shape index (κ1) is 18.1. The number of nitrogens with one attached hydrogen (secondary N) is 1. The van der Waals surface area contributed by atoms with Crippen LogP contribution in [0.2, 0.25) is 5.02 Å². The summed E-state index contributed by atoms with van der Waals surface area (Å²) >= 11 is 6.53. The molecule has 136 valence electrons. The molecule has 0 atom stereocenters. The smallest absolute Gasteiger partial charge is 0.179 e. The SMILES string of the molecule is CCOc1cc(-c2n[nH]c3c2CN(C)CC3)cc(Cl)c1OCC(C)C. The zero-order chi connectivity index (χ0) is 18.0. The summed E-state index contributed by atoms with van der Waals surface area (Å²) in [7, 11) is 2.13. The lowest BCUT2D eigenvalue weighted by atomic mass is 10.0. The fourth-order valence-electron chi connectivity index (χ4n) is 3.03. The number of H-pyrrole nitrogens is 1. The number of aromatic amines is 1. The van der Waals surface area contributed by atoms with E-state index in [0.29, 0.717) is 35.7 Å². The molecule has 2 heterocycles. The summed E-state index contributed by atoms with van der Waals surface area (Å²) in [4.78, 5) is 2.30. The van der Waals surface area contributed by atoms with Crippen LogP contribution in [-0.2, 0) is 13.0 Å². The van der Waals surface area contributed by atoms with Gasteiger partial charge in [0.2, 0.25) is 0 Å². The summed E-state index contributed by atoms with van der Waals surface area (Å²) in [6.45, 7) is 9.25. The summed E-state index contributed by atoms with van der Waals surface area (Å²) in [6.07, 6.45) is 0.987. The minimum Gasteiger partial charge on any atom is -0.490 e. The zero-order valence-electron chi connectivity index (χ0n) is 15.4. The van der Waals surface area contributed by atoms with E-state index in [1.165, 1.54) is 11.3 Å². The summed E-state index contributed by atoms with van der Waals surface area (Å²) < 4.78 is 11.7. The molecule has 1 aliphatic heterocycles. The Bertz CT molecular complexity index is 743. The standard InChI is InChI=1S/C19H26ClN3O2/c1-5-24-17-9-13(8-15(20)19(17)25-11-12(2)3)18-14-10-23(4)7-6-16(14)21-22-18/h8-9,12H,5-7,10-11H2,1-4H3,(H,21,22). The van der Waals surface area contributed by atoms with Gasteiger partial charge in [0.15, 0.2) is 11.5 Å². The average Bonchev–Trinajstić information content (AvgIpc) is 2.97. The van der Waals surface area contributed by atoms with Crippen molar-refractivity contribution in [3.63, 3.8) is 0 Å². The van der Waals surface area contributed by atoms with E-state index < -0.39 is 0 Å². The number of hydrogen-bond donors (Lipinski definition) is 1. The van der Waals surface area contributed by atoms with Gasteiger partial charge in [-0.3, -0.25) is 5.10 Å². The zero-order valence-corrected chi connectivity index (χ0v) is 16.1. The molecule has 3 rings (SSSR count). The fraction of sp³-hybridized carbons (Fsp3) is 0.526. The predicted octanol–water partition coefficient (Wildman–Crippen LogP) is 4.15. The fourth-order valence-corrected chi connectivity index (χ4v) is 3.29. The van der Waals surface area contributed by atoms with E-state index in [-0.39, 0.29) is 0 Å². The highest BCUT2D eigenvalue weighted by Crippen LogP contribution is 2.41. The molecular formula is C19H26ClN3O2. The van der Waals surface area contributed by atoms with Crippen LogP contribution < -0.4 is 9.47 Å². The molecule has 1 N–H and O–H groups in total. The number of halogens is 1. The predicted molar refractivity (Wildman–Crippen MR) is 101 cm³/mol. The largest absolute Gasteiger partial charge is 0.490 e. The summed E-state index contributed by atoms with van der Waals surface area (Å²) in [5.74, 6) is 1.70. The monoisotopic (exact) mass is 363 g/mol. The van der Waals surface area contributed by atoms with Gasteiger partial charge in [-0.05, 0) is 32.0 Å². The molecule has 0 aliphatic carbocycles. The molecule has 6 heteroatoms. The van der Waals surface area contributed by atoms with Crippen LogP contribution in [0.4, 0.5) is 0 Å². The molecule has 0 spiro atoms. The van der Waals surface area contributed by atoms with Gasteiger partial charge in [0, 0.05) is 36.3 Å². The minimum atomic E-state index is 0.416. The van der Waals surface area contributed by atoms with Gasteiger partial charge in [0.05, 0.1) is 23.9 Å². The number of aromatic nitrogens is 2. The first-order chi connectivity index (χ1) is 12.0. The molecule has 5 nitrogen and oxygen atoms in total. The van der Waals surface area contributed by atoms with Crippen molar-refractivity contribution >= 4 is 11.6 Å². The van der Waals surface area contributed by atoms with Gasteiger partial charge in [-0.15, -0.1) is 0 Å². The van der Waals surface area contributed by atoms with Crippen LogP contribution in [0, 0.1) is 5.92 Å². The van der Waals surface area contributed by atoms with Crippen molar-refractivity contribution in [3.05, 3.63) is 28.4 Å². The molecule has 0 amide bonds. The molecule has 2 aromatic rings. The Hall–Kier alpha value is -1.72. The highest BCUT2D eigenvalue weighted by Gasteiger charge is 2.23. The average molecular weight is 364 g/mol. The topological polar surface area (TPSA) is 50.4 Å². The molecule has 0 fully saturated rings. The Morgan fingerprint density at radius 3 is 2.84 bits per heavy atom. The third-order valence-corrected chi connectivity index (χ3v) is 4.55. The lowest BCUT2D eigenvalue weighted by Crippen LogP contribution is -2.26. The third-order valence-electron chi connectivity index (χ3n) is 4.27. The quantitative estimate of drug-likeness (QED) is 0.837. The van der Waals surface area contributed by atoms with Gasteiger partial charge in [0.1, 0.15) is 0 Å². The number of ether oxygens (including phenoxy) is 2. The van der Waals surface area contributed by atoms with Crippen LogP contribution in [0.3, 0.4) is 0 Å². The van der Waals surface area contributed by atoms with Gasteiger partial charge in [-0.25, -0.2) is 0 Å². The number of hydrogen-bond acceptors (Lipinski definition) is 4. The van der Waals surface area contributed by atoms with E-state index in [9.17, 15) is 0 Å². The Balaban J connectivity index is 1.99. The number of fused-ring (bicyclic) bond motifs is 1. The van der Waals surface area contributed by atoms with E-state index in [2.05, 4.69) is 36.0 Å². The first-order valence-corrected chi connectivity index (χ1v) is 9.21. The highest BCUT2D eigenvalue weighted by atomic mass is 35.5. The molecule has 0 radical (unpaired) electrons. The van der Waals surface area contributed by atoms with Crippen LogP contribution in [0.15, 0.2) is 12.1 Å². The molecule has 1 aliphatic rings. The molecule has 0 unspecified atom stereocenters. The molecule has 1 aromatic carbocycles. The first-order valence-electron chi connectivity index (χ1n) is 8.83. The molecule has 1 aromatic heterocycles. The van der Waals surface area contributed by atoms with Crippen LogP contribution in [0.1, 0.15) is 32.0 Å². The normalized spacial score (nSPS) is 14.6. The second kappa shape index (κ2) is 7.67. The van der Waals surface area contributed by atoms with Crippen molar-refractivity contribution in [1.82, 2.24) is 15.1 Å². The summed E-state index contributed by atoms with van der Waals surface area (Å²) in [6, 6.07) is 3.90. The van der Waals surface area contributed by atoms with Gasteiger partial charge in [0.25, 0.3) is 0 Å². The highest BCUT2D eigenvalue weighted by molar-refractivity contribution is 6.32. The maximum absolute atomic E-state index is 6.53. The Kier molecular flexibility index (Phi) is 5.54. The Labute approximate surface area is 154 Å². The molecule has 0 saturated carbocycles. The van der Waals surface area contributed by atoms with Crippen molar-refractivity contribution in [2.45, 2.75) is 33.7 Å².